The van der Waals surface area contributed by atoms with Crippen molar-refractivity contribution in [3.05, 3.63) is 50.9 Å². The number of unbranched alkanes of at least 4 members (excludes halogenated alkanes) is 1. The number of nitrogens with zero attached hydrogens (tertiary/aromatic N) is 7. The Kier molecular flexibility index (Phi) is 5.40. The van der Waals surface area contributed by atoms with E-state index in [1.807, 2.05) is 6.92 Å². The molecule has 12 heteroatoms. The van der Waals surface area contributed by atoms with Gasteiger partial charge in [-0.05, 0) is 41.1 Å². The third-order valence-corrected chi connectivity index (χ3v) is 5.62. The number of fused-ring (bicyclic) bond motifs is 1. The van der Waals surface area contributed by atoms with Crippen LogP contribution < -0.4 is 11.2 Å². The highest BCUT2D eigenvalue weighted by atomic mass is 32.2. The average Bonchev–Trinajstić information content (AvgIpc) is 3.31. The lowest BCUT2D eigenvalue weighted by Gasteiger charge is -2.05. The molecule has 156 valence electrons. The molecule has 30 heavy (non-hydrogen) atoms. The van der Waals surface area contributed by atoms with Gasteiger partial charge in [-0.3, -0.25) is 14.3 Å². The number of benzene rings is 1. The van der Waals surface area contributed by atoms with Crippen LogP contribution in [0.25, 0.3) is 16.9 Å². The highest BCUT2D eigenvalue weighted by molar-refractivity contribution is 7.98. The molecule has 3 heterocycles. The molecule has 0 aliphatic rings. The van der Waals surface area contributed by atoms with E-state index in [-0.39, 0.29) is 5.75 Å². The van der Waals surface area contributed by atoms with Crippen LogP contribution in [0.3, 0.4) is 0 Å². The molecule has 0 unspecified atom stereocenters. The summed E-state index contributed by atoms with van der Waals surface area (Å²) in [6, 6.07) is 6.52. The predicted octanol–water partition coefficient (Wildman–Crippen LogP) is 1.20. The number of phenols is 1. The summed E-state index contributed by atoms with van der Waals surface area (Å²) in [4.78, 5) is 31.6. The predicted molar refractivity (Wildman–Crippen MR) is 111 cm³/mol. The Bertz CT molecular complexity index is 1300. The molecule has 0 spiro atoms. The van der Waals surface area contributed by atoms with Gasteiger partial charge in [0.1, 0.15) is 11.6 Å². The highest BCUT2D eigenvalue weighted by Gasteiger charge is 2.18. The van der Waals surface area contributed by atoms with Crippen molar-refractivity contribution in [3.63, 3.8) is 0 Å². The van der Waals surface area contributed by atoms with Crippen LogP contribution in [0.1, 0.15) is 25.6 Å². The van der Waals surface area contributed by atoms with Gasteiger partial charge < -0.3 is 9.67 Å². The lowest BCUT2D eigenvalue weighted by Crippen LogP contribution is -2.31. The first-order valence-corrected chi connectivity index (χ1v) is 10.4. The van der Waals surface area contributed by atoms with Gasteiger partial charge in [0.05, 0.1) is 11.4 Å². The fraction of sp³-hybridized carbons (Fsp3) is 0.333. The number of phenolic OH excluding ortho intramolecular Hbond substituents is 1. The van der Waals surface area contributed by atoms with Gasteiger partial charge in [-0.2, -0.15) is 4.68 Å². The quantitative estimate of drug-likeness (QED) is 0.419. The minimum atomic E-state index is -0.456. The number of tetrazole rings is 1. The normalized spacial score (nSPS) is 11.4. The van der Waals surface area contributed by atoms with Gasteiger partial charge >= 0.3 is 5.69 Å². The van der Waals surface area contributed by atoms with E-state index in [2.05, 4.69) is 25.5 Å². The second-order valence-electron chi connectivity index (χ2n) is 6.70. The van der Waals surface area contributed by atoms with Crippen LogP contribution in [0.5, 0.6) is 5.75 Å². The number of imidazole rings is 1. The van der Waals surface area contributed by atoms with Crippen LogP contribution >= 0.6 is 11.8 Å². The van der Waals surface area contributed by atoms with Gasteiger partial charge in [0.2, 0.25) is 5.16 Å². The minimum Gasteiger partial charge on any atom is -0.508 e. The van der Waals surface area contributed by atoms with Crippen LogP contribution in [0.15, 0.2) is 39.0 Å². The fourth-order valence-corrected chi connectivity index (χ4v) is 3.97. The van der Waals surface area contributed by atoms with Crippen molar-refractivity contribution >= 4 is 22.9 Å². The SMILES string of the molecule is CCCCn1c(=O)[nH]c(=O)c2c1nc(CSc1nnnn1-c1ccc(O)cc1)n2C. The summed E-state index contributed by atoms with van der Waals surface area (Å²) in [6.45, 7) is 2.53. The monoisotopic (exact) mass is 428 g/mol. The summed E-state index contributed by atoms with van der Waals surface area (Å²) in [7, 11) is 1.75. The van der Waals surface area contributed by atoms with E-state index >= 15 is 0 Å². The molecule has 0 bridgehead atoms. The standard InChI is InChI=1S/C18H20N8O3S/c1-3-4-9-25-15-14(16(28)20-17(25)29)24(2)13(19-15)10-30-18-21-22-23-26(18)11-5-7-12(27)8-6-11/h5-8,27H,3-4,9-10H2,1-2H3,(H,20,28,29). The minimum absolute atomic E-state index is 0.153. The molecule has 0 aliphatic heterocycles. The Morgan fingerprint density at radius 1 is 1.20 bits per heavy atom. The maximum Gasteiger partial charge on any atom is 0.330 e. The van der Waals surface area contributed by atoms with E-state index in [4.69, 9.17) is 0 Å². The topological polar surface area (TPSA) is 137 Å². The maximum absolute atomic E-state index is 12.4. The molecule has 1 aromatic carbocycles. The Morgan fingerprint density at radius 2 is 1.97 bits per heavy atom. The zero-order valence-electron chi connectivity index (χ0n) is 16.4. The van der Waals surface area contributed by atoms with E-state index in [0.29, 0.717) is 40.1 Å². The Balaban J connectivity index is 1.66. The van der Waals surface area contributed by atoms with Crippen LogP contribution in [0.4, 0.5) is 0 Å². The first kappa shape index (κ1) is 19.9. The van der Waals surface area contributed by atoms with E-state index in [9.17, 15) is 14.7 Å². The molecular weight excluding hydrogens is 408 g/mol. The molecule has 0 aliphatic carbocycles. The summed E-state index contributed by atoms with van der Waals surface area (Å²) in [5.74, 6) is 1.17. The molecule has 4 aromatic rings. The highest BCUT2D eigenvalue weighted by Crippen LogP contribution is 2.24. The molecule has 0 saturated carbocycles. The van der Waals surface area contributed by atoms with Gasteiger partial charge in [-0.25, -0.2) is 9.78 Å². The third kappa shape index (κ3) is 3.61. The molecule has 2 N–H and O–H groups in total. The first-order chi connectivity index (χ1) is 14.5. The molecule has 0 fully saturated rings. The summed E-state index contributed by atoms with van der Waals surface area (Å²) < 4.78 is 4.75. The zero-order chi connectivity index (χ0) is 21.3. The van der Waals surface area contributed by atoms with Crippen molar-refractivity contribution in [1.29, 1.82) is 0 Å². The summed E-state index contributed by atoms with van der Waals surface area (Å²) in [5.41, 5.74) is 0.542. The Hall–Kier alpha value is -3.41. The Labute approximate surface area is 174 Å². The van der Waals surface area contributed by atoms with Crippen LogP contribution in [0, 0.1) is 0 Å². The van der Waals surface area contributed by atoms with Gasteiger partial charge in [0.25, 0.3) is 5.56 Å². The van der Waals surface area contributed by atoms with E-state index in [1.54, 1.807) is 40.6 Å². The summed E-state index contributed by atoms with van der Waals surface area (Å²) in [6.07, 6.45) is 1.73. The fourth-order valence-electron chi connectivity index (χ4n) is 3.10. The molecule has 4 rings (SSSR count). The number of hydrogen-bond donors (Lipinski definition) is 2. The lowest BCUT2D eigenvalue weighted by molar-refractivity contribution is 0.475. The summed E-state index contributed by atoms with van der Waals surface area (Å²) >= 11 is 1.35. The number of rotatable bonds is 7. The molecular formula is C18H20N8O3S. The van der Waals surface area contributed by atoms with Crippen molar-refractivity contribution in [2.75, 3.05) is 0 Å². The number of aromatic amines is 1. The summed E-state index contributed by atoms with van der Waals surface area (Å²) in [5, 5.41) is 21.8. The molecule has 11 nitrogen and oxygen atoms in total. The van der Waals surface area contributed by atoms with Crippen molar-refractivity contribution in [3.8, 4) is 11.4 Å². The average molecular weight is 428 g/mol. The number of nitrogens with one attached hydrogen (secondary N) is 1. The molecule has 3 aromatic heterocycles. The lowest BCUT2D eigenvalue weighted by atomic mass is 10.3. The van der Waals surface area contributed by atoms with Crippen LogP contribution in [-0.2, 0) is 19.3 Å². The number of aryl methyl sites for hydroxylation is 2. The van der Waals surface area contributed by atoms with Crippen molar-refractivity contribution in [2.24, 2.45) is 7.05 Å². The van der Waals surface area contributed by atoms with Gasteiger partial charge in [0, 0.05) is 13.6 Å². The number of H-pyrrole nitrogens is 1. The van der Waals surface area contributed by atoms with Crippen LogP contribution in [-0.4, -0.2) is 44.4 Å². The van der Waals surface area contributed by atoms with E-state index < -0.39 is 11.2 Å². The number of hydrogen-bond acceptors (Lipinski definition) is 8. The van der Waals surface area contributed by atoms with Crippen molar-refractivity contribution < 1.29 is 5.11 Å². The maximum atomic E-state index is 12.4. The number of aromatic hydroxyl groups is 1. The largest absolute Gasteiger partial charge is 0.508 e. The second-order valence-corrected chi connectivity index (χ2v) is 7.64. The Morgan fingerprint density at radius 3 is 2.70 bits per heavy atom. The number of aromatic nitrogens is 8. The smallest absolute Gasteiger partial charge is 0.330 e. The van der Waals surface area contributed by atoms with Crippen molar-refractivity contribution in [2.45, 2.75) is 37.2 Å². The van der Waals surface area contributed by atoms with E-state index in [0.717, 1.165) is 12.8 Å². The third-order valence-electron chi connectivity index (χ3n) is 4.71. The van der Waals surface area contributed by atoms with Gasteiger partial charge in [-0.1, -0.05) is 25.1 Å². The number of thioether (sulfide) groups is 1. The van der Waals surface area contributed by atoms with Gasteiger partial charge in [0.15, 0.2) is 11.2 Å². The van der Waals surface area contributed by atoms with Gasteiger partial charge in [-0.15, -0.1) is 5.10 Å². The molecule has 0 radical (unpaired) electrons. The molecule has 0 amide bonds. The molecule has 0 atom stereocenters. The zero-order valence-corrected chi connectivity index (χ0v) is 17.3. The second kappa shape index (κ2) is 8.14. The first-order valence-electron chi connectivity index (χ1n) is 9.38. The van der Waals surface area contributed by atoms with Crippen molar-refractivity contribution in [1.82, 2.24) is 39.3 Å². The molecule has 0 saturated heterocycles. The van der Waals surface area contributed by atoms with E-state index in [1.165, 1.54) is 16.3 Å². The van der Waals surface area contributed by atoms with Crippen LogP contribution in [0.2, 0.25) is 0 Å².